The first-order valence-electron chi connectivity index (χ1n) is 11.0. The van der Waals surface area contributed by atoms with Crippen molar-refractivity contribution in [1.29, 1.82) is 0 Å². The molecule has 0 spiro atoms. The number of nitrogens with two attached hydrogens (primary N) is 4. The summed E-state index contributed by atoms with van der Waals surface area (Å²) < 4.78 is 5.04. The molecule has 3 rings (SSSR count). The summed E-state index contributed by atoms with van der Waals surface area (Å²) >= 11 is 0. The maximum atomic E-state index is 11.9. The molecule has 10 N–H and O–H groups in total. The summed E-state index contributed by atoms with van der Waals surface area (Å²) in [6.07, 6.45) is 7.21. The number of carbonyl (C=O) groups is 2. The van der Waals surface area contributed by atoms with E-state index in [2.05, 4.69) is 10.6 Å². The van der Waals surface area contributed by atoms with Crippen molar-refractivity contribution in [2.24, 2.45) is 0 Å². The molecular formula is C26H32N6O3. The van der Waals surface area contributed by atoms with Crippen LogP contribution in [0, 0.1) is 0 Å². The fourth-order valence-corrected chi connectivity index (χ4v) is 2.79. The van der Waals surface area contributed by atoms with Crippen LogP contribution in [0.3, 0.4) is 0 Å². The molecule has 2 aromatic carbocycles. The van der Waals surface area contributed by atoms with Gasteiger partial charge >= 0.3 is 0 Å². The number of amides is 2. The lowest BCUT2D eigenvalue weighted by Crippen LogP contribution is -2.21. The first-order chi connectivity index (χ1) is 16.7. The Kier molecular flexibility index (Phi) is 9.99. The number of rotatable bonds is 7. The zero-order valence-electron chi connectivity index (χ0n) is 19.9. The summed E-state index contributed by atoms with van der Waals surface area (Å²) in [5.41, 5.74) is 27.3. The zero-order valence-corrected chi connectivity index (χ0v) is 19.9. The molecule has 9 nitrogen and oxygen atoms in total. The maximum absolute atomic E-state index is 11.9. The molecular weight excluding hydrogens is 444 g/mol. The van der Waals surface area contributed by atoms with E-state index in [9.17, 15) is 9.59 Å². The van der Waals surface area contributed by atoms with Gasteiger partial charge in [0.25, 0.3) is 5.91 Å². The predicted molar refractivity (Wildman–Crippen MR) is 144 cm³/mol. The molecule has 0 aliphatic rings. The average Bonchev–Trinajstić information content (AvgIpc) is 3.34. The van der Waals surface area contributed by atoms with Crippen LogP contribution < -0.4 is 33.6 Å². The number of nitrogen functional groups attached to an aromatic ring is 4. The Morgan fingerprint density at radius 3 is 2.17 bits per heavy atom. The van der Waals surface area contributed by atoms with Crippen molar-refractivity contribution in [2.45, 2.75) is 20.3 Å². The average molecular weight is 477 g/mol. The number of carbonyl (C=O) groups excluding carboxylic acids is 2. The van der Waals surface area contributed by atoms with E-state index >= 15 is 0 Å². The van der Waals surface area contributed by atoms with Gasteiger partial charge in [-0.1, -0.05) is 6.92 Å². The van der Waals surface area contributed by atoms with Gasteiger partial charge in [-0.05, 0) is 79.1 Å². The molecule has 9 heteroatoms. The van der Waals surface area contributed by atoms with Crippen LogP contribution in [-0.2, 0) is 9.59 Å². The van der Waals surface area contributed by atoms with Crippen molar-refractivity contribution >= 4 is 52.6 Å². The van der Waals surface area contributed by atoms with Gasteiger partial charge in [-0.3, -0.25) is 14.9 Å². The number of hydrogen-bond acceptors (Lipinski definition) is 7. The number of furan rings is 1. The molecule has 3 aromatic rings. The van der Waals surface area contributed by atoms with Crippen LogP contribution in [0.5, 0.6) is 0 Å². The van der Waals surface area contributed by atoms with Crippen LogP contribution >= 0.6 is 0 Å². The molecule has 0 unspecified atom stereocenters. The summed E-state index contributed by atoms with van der Waals surface area (Å²) in [6, 6.07) is 13.7. The molecule has 0 aliphatic carbocycles. The SMILES string of the molecule is CC(=Cc1cc(N)ccc1N)C(=O)Nc1ccco1.CCCNC(=O)C=Cc1cc(N)ccc1N. The Hall–Kier alpha value is -4.66. The van der Waals surface area contributed by atoms with Crippen molar-refractivity contribution in [1.82, 2.24) is 5.32 Å². The highest BCUT2D eigenvalue weighted by molar-refractivity contribution is 6.06. The van der Waals surface area contributed by atoms with Crippen molar-refractivity contribution in [3.05, 3.63) is 77.6 Å². The molecule has 0 fully saturated rings. The highest BCUT2D eigenvalue weighted by atomic mass is 16.3. The van der Waals surface area contributed by atoms with Gasteiger partial charge in [0.15, 0.2) is 5.88 Å². The van der Waals surface area contributed by atoms with E-state index in [1.54, 1.807) is 67.6 Å². The lowest BCUT2D eigenvalue weighted by atomic mass is 10.1. The molecule has 0 bridgehead atoms. The fourth-order valence-electron chi connectivity index (χ4n) is 2.79. The van der Waals surface area contributed by atoms with Gasteiger partial charge in [-0.2, -0.15) is 0 Å². The van der Waals surface area contributed by atoms with Gasteiger partial charge in [-0.15, -0.1) is 0 Å². The second-order valence-corrected chi connectivity index (χ2v) is 7.66. The number of anilines is 5. The zero-order chi connectivity index (χ0) is 25.8. The van der Waals surface area contributed by atoms with E-state index in [4.69, 9.17) is 27.4 Å². The number of benzene rings is 2. The smallest absolute Gasteiger partial charge is 0.253 e. The van der Waals surface area contributed by atoms with Crippen LogP contribution in [0.2, 0.25) is 0 Å². The van der Waals surface area contributed by atoms with Crippen LogP contribution in [0.25, 0.3) is 12.2 Å². The predicted octanol–water partition coefficient (Wildman–Crippen LogP) is 3.88. The van der Waals surface area contributed by atoms with E-state index in [1.165, 1.54) is 12.3 Å². The largest absolute Gasteiger partial charge is 0.449 e. The van der Waals surface area contributed by atoms with Gasteiger partial charge in [-0.25, -0.2) is 0 Å². The van der Waals surface area contributed by atoms with Crippen molar-refractivity contribution < 1.29 is 14.0 Å². The molecule has 1 heterocycles. The molecule has 0 atom stereocenters. The second-order valence-electron chi connectivity index (χ2n) is 7.66. The molecule has 0 radical (unpaired) electrons. The van der Waals surface area contributed by atoms with E-state index in [0.29, 0.717) is 46.3 Å². The van der Waals surface area contributed by atoms with Gasteiger partial charge in [0.2, 0.25) is 5.91 Å². The maximum Gasteiger partial charge on any atom is 0.253 e. The second kappa shape index (κ2) is 13.1. The Bertz CT molecular complexity index is 1200. The molecule has 184 valence electrons. The fraction of sp³-hybridized carbons (Fsp3) is 0.154. The monoisotopic (exact) mass is 476 g/mol. The van der Waals surface area contributed by atoms with E-state index in [-0.39, 0.29) is 11.8 Å². The summed E-state index contributed by atoms with van der Waals surface area (Å²) in [5, 5.41) is 5.37. The lowest BCUT2D eigenvalue weighted by molar-refractivity contribution is -0.116. The van der Waals surface area contributed by atoms with Gasteiger partial charge in [0.1, 0.15) is 0 Å². The summed E-state index contributed by atoms with van der Waals surface area (Å²) in [5.74, 6) is 0.0266. The first-order valence-corrected chi connectivity index (χ1v) is 11.0. The minimum atomic E-state index is -0.253. The number of hydrogen-bond donors (Lipinski definition) is 6. The molecule has 1 aromatic heterocycles. The summed E-state index contributed by atoms with van der Waals surface area (Å²) in [7, 11) is 0. The quantitative estimate of drug-likeness (QED) is 0.221. The Morgan fingerprint density at radius 1 is 0.943 bits per heavy atom. The highest BCUT2D eigenvalue weighted by Crippen LogP contribution is 2.20. The van der Waals surface area contributed by atoms with Crippen LogP contribution in [0.1, 0.15) is 31.4 Å². The normalized spacial score (nSPS) is 11.0. The Morgan fingerprint density at radius 2 is 1.57 bits per heavy atom. The van der Waals surface area contributed by atoms with Gasteiger partial charge in [0, 0.05) is 47.0 Å². The third-order valence-corrected chi connectivity index (χ3v) is 4.67. The Labute approximate surface area is 204 Å². The van der Waals surface area contributed by atoms with Gasteiger partial charge < -0.3 is 32.7 Å². The standard InChI is InChI=1S/C14H15N3O2.C12H17N3O/c1-9(14(18)17-13-3-2-6-19-13)7-10-8-11(15)4-5-12(10)16;1-2-7-15-12(16)6-3-9-8-10(13)4-5-11(9)14/h2-8H,15-16H2,1H3,(H,17,18);3-6,8H,2,7,13-14H2,1H3,(H,15,16). The van der Waals surface area contributed by atoms with E-state index in [0.717, 1.165) is 12.0 Å². The third-order valence-electron chi connectivity index (χ3n) is 4.67. The van der Waals surface area contributed by atoms with E-state index in [1.807, 2.05) is 6.92 Å². The van der Waals surface area contributed by atoms with Crippen molar-refractivity contribution in [3.63, 3.8) is 0 Å². The molecule has 0 saturated heterocycles. The van der Waals surface area contributed by atoms with Crippen LogP contribution in [0.4, 0.5) is 28.6 Å². The van der Waals surface area contributed by atoms with Crippen LogP contribution in [0.15, 0.2) is 70.9 Å². The lowest BCUT2D eigenvalue weighted by Gasteiger charge is -2.05. The topological polar surface area (TPSA) is 175 Å². The molecule has 0 saturated carbocycles. The molecule has 35 heavy (non-hydrogen) atoms. The molecule has 0 aliphatic heterocycles. The third kappa shape index (κ3) is 9.01. The minimum Gasteiger partial charge on any atom is -0.449 e. The molecule has 2 amide bonds. The van der Waals surface area contributed by atoms with Crippen molar-refractivity contribution in [2.75, 3.05) is 34.8 Å². The number of nitrogens with one attached hydrogen (secondary N) is 2. The van der Waals surface area contributed by atoms with Gasteiger partial charge in [0.05, 0.1) is 6.26 Å². The minimum absolute atomic E-state index is 0.122. The summed E-state index contributed by atoms with van der Waals surface area (Å²) in [6.45, 7) is 4.37. The van der Waals surface area contributed by atoms with Crippen molar-refractivity contribution in [3.8, 4) is 0 Å². The first kappa shape index (κ1) is 26.6. The van der Waals surface area contributed by atoms with E-state index < -0.39 is 0 Å². The summed E-state index contributed by atoms with van der Waals surface area (Å²) in [4.78, 5) is 23.2. The van der Waals surface area contributed by atoms with Crippen LogP contribution in [-0.4, -0.2) is 18.4 Å². The Balaban J connectivity index is 0.000000251. The highest BCUT2D eigenvalue weighted by Gasteiger charge is 2.07.